The standard InChI is InChI=1S/C36H34F3N5O4/c1-41(34(45)25-6-8-27(9-7-25)36(37,38)39)28-10-15-33(40-22-28)48-30-13-14-31-26(20-30)21-32(42(31)2)35(46)44-18-16-43(17-19-44)23-24-4-11-29(47-3)12-5-24/h4-15,20-22H,16-19,23H2,1-3H3. The summed E-state index contributed by atoms with van der Waals surface area (Å²) in [5.74, 6) is 1.14. The van der Waals surface area contributed by atoms with E-state index in [0.29, 0.717) is 30.2 Å². The van der Waals surface area contributed by atoms with Gasteiger partial charge in [-0.2, -0.15) is 13.2 Å². The van der Waals surface area contributed by atoms with Crippen molar-refractivity contribution in [3.05, 3.63) is 114 Å². The molecular weight excluding hydrogens is 623 g/mol. The van der Waals surface area contributed by atoms with Crippen LogP contribution in [0.15, 0.2) is 91.1 Å². The summed E-state index contributed by atoms with van der Waals surface area (Å²) < 4.78 is 51.7. The fourth-order valence-electron chi connectivity index (χ4n) is 5.72. The number of amides is 2. The molecule has 0 aliphatic carbocycles. The summed E-state index contributed by atoms with van der Waals surface area (Å²) in [6.45, 7) is 3.66. The molecule has 48 heavy (non-hydrogen) atoms. The summed E-state index contributed by atoms with van der Waals surface area (Å²) in [5.41, 5.74) is 2.41. The number of carbonyl (C=O) groups excluding carboxylic acids is 2. The second kappa shape index (κ2) is 13.4. The third kappa shape index (κ3) is 6.98. The number of hydrogen-bond acceptors (Lipinski definition) is 6. The van der Waals surface area contributed by atoms with Crippen molar-refractivity contribution in [1.82, 2.24) is 19.4 Å². The molecule has 3 aromatic carbocycles. The minimum atomic E-state index is -4.48. The molecule has 6 rings (SSSR count). The van der Waals surface area contributed by atoms with Crippen molar-refractivity contribution in [1.29, 1.82) is 0 Å². The first-order valence-corrected chi connectivity index (χ1v) is 15.3. The Morgan fingerprint density at radius 3 is 2.19 bits per heavy atom. The predicted octanol–water partition coefficient (Wildman–Crippen LogP) is 6.63. The van der Waals surface area contributed by atoms with Crippen LogP contribution in [0.1, 0.15) is 32.0 Å². The number of methoxy groups -OCH3 is 1. The van der Waals surface area contributed by atoms with Gasteiger partial charge in [-0.1, -0.05) is 12.1 Å². The van der Waals surface area contributed by atoms with Gasteiger partial charge in [0, 0.05) is 69.4 Å². The molecule has 248 valence electrons. The van der Waals surface area contributed by atoms with Gasteiger partial charge in [-0.05, 0) is 72.3 Å². The van der Waals surface area contributed by atoms with Crippen molar-refractivity contribution < 1.29 is 32.2 Å². The minimum absolute atomic E-state index is 0.0208. The highest BCUT2D eigenvalue weighted by Crippen LogP contribution is 2.30. The van der Waals surface area contributed by atoms with Gasteiger partial charge in [-0.3, -0.25) is 14.5 Å². The number of alkyl halides is 3. The SMILES string of the molecule is COc1ccc(CN2CCN(C(=O)c3cc4cc(Oc5ccc(N(C)C(=O)c6ccc(C(F)(F)F)cc6)cn5)ccc4n3C)CC2)cc1. The predicted molar refractivity (Wildman–Crippen MR) is 176 cm³/mol. The Kier molecular flexibility index (Phi) is 9.09. The third-order valence-electron chi connectivity index (χ3n) is 8.55. The van der Waals surface area contributed by atoms with Crippen molar-refractivity contribution >= 4 is 28.4 Å². The number of piperazine rings is 1. The number of aromatic nitrogens is 2. The Hall–Kier alpha value is -5.36. The lowest BCUT2D eigenvalue weighted by atomic mass is 10.1. The second-order valence-electron chi connectivity index (χ2n) is 11.6. The highest BCUT2D eigenvalue weighted by atomic mass is 19.4. The van der Waals surface area contributed by atoms with E-state index in [2.05, 4.69) is 22.0 Å². The number of hydrogen-bond donors (Lipinski definition) is 0. The molecule has 3 heterocycles. The molecule has 1 aliphatic heterocycles. The summed E-state index contributed by atoms with van der Waals surface area (Å²) in [6, 6.07) is 22.7. The molecule has 0 unspecified atom stereocenters. The number of fused-ring (bicyclic) bond motifs is 1. The van der Waals surface area contributed by atoms with E-state index in [1.54, 1.807) is 25.3 Å². The summed E-state index contributed by atoms with van der Waals surface area (Å²) >= 11 is 0. The molecule has 1 saturated heterocycles. The number of nitrogens with zero attached hydrogens (tertiary/aromatic N) is 5. The van der Waals surface area contributed by atoms with Gasteiger partial charge < -0.3 is 23.8 Å². The molecule has 2 aromatic heterocycles. The monoisotopic (exact) mass is 657 g/mol. The van der Waals surface area contributed by atoms with Crippen molar-refractivity contribution in [2.24, 2.45) is 7.05 Å². The van der Waals surface area contributed by atoms with Gasteiger partial charge in [0.05, 0.1) is 24.6 Å². The Labute approximate surface area is 275 Å². The number of carbonyl (C=O) groups is 2. The molecule has 0 bridgehead atoms. The molecule has 0 atom stereocenters. The zero-order valence-electron chi connectivity index (χ0n) is 26.7. The van der Waals surface area contributed by atoms with Gasteiger partial charge in [0.15, 0.2) is 0 Å². The zero-order valence-corrected chi connectivity index (χ0v) is 26.7. The highest BCUT2D eigenvalue weighted by Gasteiger charge is 2.30. The van der Waals surface area contributed by atoms with Crippen molar-refractivity contribution in [2.75, 3.05) is 45.2 Å². The van der Waals surface area contributed by atoms with E-state index >= 15 is 0 Å². The third-order valence-corrected chi connectivity index (χ3v) is 8.55. The molecule has 1 aliphatic rings. The molecule has 9 nitrogen and oxygen atoms in total. The van der Waals surface area contributed by atoms with Crippen molar-refractivity contribution in [3.63, 3.8) is 0 Å². The summed E-state index contributed by atoms with van der Waals surface area (Å²) in [6.07, 6.45) is -3.03. The van der Waals surface area contributed by atoms with Crippen LogP contribution >= 0.6 is 0 Å². The number of rotatable bonds is 8. The lowest BCUT2D eigenvalue weighted by molar-refractivity contribution is -0.137. The minimum Gasteiger partial charge on any atom is -0.497 e. The van der Waals surface area contributed by atoms with Crippen LogP contribution in [0, 0.1) is 0 Å². The Morgan fingerprint density at radius 1 is 0.875 bits per heavy atom. The normalized spacial score (nSPS) is 13.8. The van der Waals surface area contributed by atoms with Crippen LogP contribution in [-0.4, -0.2) is 71.5 Å². The lowest BCUT2D eigenvalue weighted by Crippen LogP contribution is -2.48. The average molecular weight is 658 g/mol. The number of anilines is 1. The number of pyridine rings is 1. The van der Waals surface area contributed by atoms with E-state index in [-0.39, 0.29) is 17.4 Å². The van der Waals surface area contributed by atoms with Crippen LogP contribution in [0.4, 0.5) is 18.9 Å². The van der Waals surface area contributed by atoms with Gasteiger partial charge in [-0.15, -0.1) is 0 Å². The lowest BCUT2D eigenvalue weighted by Gasteiger charge is -2.34. The fourth-order valence-corrected chi connectivity index (χ4v) is 5.72. The quantitative estimate of drug-likeness (QED) is 0.187. The first kappa shape index (κ1) is 32.6. The second-order valence-corrected chi connectivity index (χ2v) is 11.6. The maximum Gasteiger partial charge on any atom is 0.416 e. The molecule has 12 heteroatoms. The molecule has 0 saturated carbocycles. The average Bonchev–Trinajstić information content (AvgIpc) is 3.43. The van der Waals surface area contributed by atoms with Crippen LogP contribution in [0.3, 0.4) is 0 Å². The van der Waals surface area contributed by atoms with Crippen LogP contribution in [0.2, 0.25) is 0 Å². The van der Waals surface area contributed by atoms with E-state index < -0.39 is 17.6 Å². The maximum atomic E-state index is 13.5. The van der Waals surface area contributed by atoms with Gasteiger partial charge in [-0.25, -0.2) is 4.98 Å². The van der Waals surface area contributed by atoms with Crippen molar-refractivity contribution in [3.8, 4) is 17.4 Å². The summed E-state index contributed by atoms with van der Waals surface area (Å²) in [7, 11) is 5.04. The van der Waals surface area contributed by atoms with Crippen molar-refractivity contribution in [2.45, 2.75) is 12.7 Å². The van der Waals surface area contributed by atoms with Gasteiger partial charge in [0.1, 0.15) is 17.2 Å². The van der Waals surface area contributed by atoms with E-state index in [9.17, 15) is 22.8 Å². The molecule has 5 aromatic rings. The molecule has 0 N–H and O–H groups in total. The zero-order chi connectivity index (χ0) is 34.0. The smallest absolute Gasteiger partial charge is 0.416 e. The van der Waals surface area contributed by atoms with Gasteiger partial charge in [0.25, 0.3) is 11.8 Å². The number of aryl methyl sites for hydroxylation is 1. The topological polar surface area (TPSA) is 80.1 Å². The number of halogens is 3. The van der Waals surface area contributed by atoms with Gasteiger partial charge >= 0.3 is 6.18 Å². The molecule has 0 spiro atoms. The first-order chi connectivity index (χ1) is 23.0. The maximum absolute atomic E-state index is 13.5. The van der Waals surface area contributed by atoms with E-state index in [4.69, 9.17) is 9.47 Å². The van der Waals surface area contributed by atoms with Crippen LogP contribution < -0.4 is 14.4 Å². The van der Waals surface area contributed by atoms with Gasteiger partial charge in [0.2, 0.25) is 5.88 Å². The number of ether oxygens (including phenoxy) is 2. The van der Waals surface area contributed by atoms with Crippen LogP contribution in [0.5, 0.6) is 17.4 Å². The highest BCUT2D eigenvalue weighted by molar-refractivity contribution is 6.05. The Morgan fingerprint density at radius 2 is 1.56 bits per heavy atom. The summed E-state index contributed by atoms with van der Waals surface area (Å²) in [5, 5.41) is 0.843. The largest absolute Gasteiger partial charge is 0.497 e. The Bertz CT molecular complexity index is 1920. The van der Waals surface area contributed by atoms with E-state index in [1.807, 2.05) is 46.8 Å². The van der Waals surface area contributed by atoms with Crippen LogP contribution in [-0.2, 0) is 19.8 Å². The van der Waals surface area contributed by atoms with E-state index in [1.165, 1.54) is 23.7 Å². The fraction of sp³-hybridized carbons (Fsp3) is 0.250. The molecular formula is C36H34F3N5O4. The Balaban J connectivity index is 1.07. The summed E-state index contributed by atoms with van der Waals surface area (Å²) in [4.78, 5) is 36.2. The van der Waals surface area contributed by atoms with E-state index in [0.717, 1.165) is 60.6 Å². The molecule has 0 radical (unpaired) electrons. The number of benzene rings is 3. The van der Waals surface area contributed by atoms with Crippen LogP contribution in [0.25, 0.3) is 10.9 Å². The molecule has 1 fully saturated rings. The first-order valence-electron chi connectivity index (χ1n) is 15.3. The molecule has 2 amide bonds.